The van der Waals surface area contributed by atoms with Crippen LogP contribution >= 0.6 is 0 Å². The number of hydrogen-bond donors (Lipinski definition) is 0. The van der Waals surface area contributed by atoms with Crippen molar-refractivity contribution in [3.63, 3.8) is 0 Å². The molecule has 0 aliphatic carbocycles. The molecule has 4 aromatic rings. The Morgan fingerprint density at radius 3 is 2.40 bits per heavy atom. The Morgan fingerprint density at radius 2 is 1.67 bits per heavy atom. The van der Waals surface area contributed by atoms with Gasteiger partial charge in [-0.05, 0) is 47.4 Å². The predicted molar refractivity (Wildman–Crippen MR) is 114 cm³/mol. The van der Waals surface area contributed by atoms with Gasteiger partial charge in [-0.25, -0.2) is 0 Å². The Kier molecular flexibility index (Phi) is 4.43. The minimum Gasteiger partial charge on any atom is -0.450 e. The lowest BCUT2D eigenvalue weighted by Crippen LogP contribution is -2.29. The second-order valence-corrected chi connectivity index (χ2v) is 7.46. The molecule has 0 radical (unpaired) electrons. The summed E-state index contributed by atoms with van der Waals surface area (Å²) in [5.74, 6) is -0.133. The summed E-state index contributed by atoms with van der Waals surface area (Å²) in [5, 5.41) is 0.491. The maximum Gasteiger partial charge on any atom is 0.291 e. The van der Waals surface area contributed by atoms with E-state index in [1.807, 2.05) is 42.5 Å². The van der Waals surface area contributed by atoms with Crippen LogP contribution in [0.5, 0.6) is 0 Å². The van der Waals surface area contributed by atoms with Crippen LogP contribution in [0.25, 0.3) is 11.0 Å². The van der Waals surface area contributed by atoms with E-state index in [9.17, 15) is 9.59 Å². The van der Waals surface area contributed by atoms with Crippen molar-refractivity contribution < 1.29 is 9.21 Å². The fraction of sp³-hybridized carbons (Fsp3) is 0.160. The van der Waals surface area contributed by atoms with Crippen molar-refractivity contribution >= 4 is 16.9 Å². The molecule has 3 heterocycles. The van der Waals surface area contributed by atoms with Gasteiger partial charge in [0.25, 0.3) is 5.91 Å². The second-order valence-electron chi connectivity index (χ2n) is 7.46. The minimum atomic E-state index is -0.493. The number of fused-ring (bicyclic) bond motifs is 2. The normalized spacial score (nSPS) is 15.6. The van der Waals surface area contributed by atoms with Crippen LogP contribution in [0.15, 0.2) is 82.3 Å². The lowest BCUT2D eigenvalue weighted by molar-refractivity contribution is 0.0714. The van der Waals surface area contributed by atoms with Crippen LogP contribution in [0.4, 0.5) is 0 Å². The van der Waals surface area contributed by atoms with Gasteiger partial charge >= 0.3 is 0 Å². The SMILES string of the molecule is CCc1ccc([C@@H]2c3c(oc4ccccc4c3=O)C(=O)N2Cc2ccncc2)cc1. The Labute approximate surface area is 173 Å². The van der Waals surface area contributed by atoms with Crippen LogP contribution in [0.1, 0.15) is 45.8 Å². The molecule has 148 valence electrons. The van der Waals surface area contributed by atoms with Crippen LogP contribution < -0.4 is 5.43 Å². The van der Waals surface area contributed by atoms with E-state index < -0.39 is 6.04 Å². The molecule has 2 aromatic carbocycles. The van der Waals surface area contributed by atoms with Gasteiger partial charge in [0.2, 0.25) is 5.76 Å². The predicted octanol–water partition coefficient (Wildman–Crippen LogP) is 4.50. The van der Waals surface area contributed by atoms with Crippen LogP contribution in [-0.2, 0) is 13.0 Å². The van der Waals surface area contributed by atoms with Crippen LogP contribution in [-0.4, -0.2) is 15.8 Å². The highest BCUT2D eigenvalue weighted by Crippen LogP contribution is 2.39. The van der Waals surface area contributed by atoms with Gasteiger partial charge in [0.1, 0.15) is 5.58 Å². The van der Waals surface area contributed by atoms with E-state index in [2.05, 4.69) is 11.9 Å². The van der Waals surface area contributed by atoms with Crippen LogP contribution in [0.3, 0.4) is 0 Å². The van der Waals surface area contributed by atoms with Gasteiger partial charge in [-0.1, -0.05) is 43.3 Å². The number of aryl methyl sites for hydroxylation is 1. The van der Waals surface area contributed by atoms with Gasteiger partial charge in [-0.15, -0.1) is 0 Å². The van der Waals surface area contributed by atoms with Crippen LogP contribution in [0.2, 0.25) is 0 Å². The third-order valence-electron chi connectivity index (χ3n) is 5.68. The zero-order valence-corrected chi connectivity index (χ0v) is 16.5. The van der Waals surface area contributed by atoms with Crippen molar-refractivity contribution in [1.29, 1.82) is 0 Å². The Hall–Kier alpha value is -3.73. The molecule has 0 N–H and O–H groups in total. The van der Waals surface area contributed by atoms with Crippen molar-refractivity contribution in [2.24, 2.45) is 0 Å². The van der Waals surface area contributed by atoms with E-state index in [0.717, 1.165) is 17.5 Å². The zero-order chi connectivity index (χ0) is 20.7. The lowest BCUT2D eigenvalue weighted by atomic mass is 9.97. The average molecular weight is 396 g/mol. The molecule has 1 amide bonds. The summed E-state index contributed by atoms with van der Waals surface area (Å²) in [6, 6.07) is 18.4. The van der Waals surface area contributed by atoms with E-state index in [0.29, 0.717) is 23.1 Å². The highest BCUT2D eigenvalue weighted by molar-refractivity contribution is 5.99. The molecule has 0 unspecified atom stereocenters. The number of carbonyl (C=O) groups is 1. The number of aromatic nitrogens is 1. The fourth-order valence-electron chi connectivity index (χ4n) is 4.10. The molecule has 5 nitrogen and oxygen atoms in total. The van der Waals surface area contributed by atoms with E-state index in [1.165, 1.54) is 5.56 Å². The van der Waals surface area contributed by atoms with Gasteiger partial charge in [0, 0.05) is 18.9 Å². The molecule has 30 heavy (non-hydrogen) atoms. The van der Waals surface area contributed by atoms with E-state index in [1.54, 1.807) is 35.5 Å². The van der Waals surface area contributed by atoms with Gasteiger partial charge in [-0.3, -0.25) is 14.6 Å². The molecule has 0 saturated carbocycles. The van der Waals surface area contributed by atoms with Gasteiger partial charge in [-0.2, -0.15) is 0 Å². The van der Waals surface area contributed by atoms with E-state index in [4.69, 9.17) is 4.42 Å². The molecule has 0 bridgehead atoms. The standard InChI is InChI=1S/C25H20N2O3/c1-2-16-7-9-18(10-8-16)22-21-23(28)19-5-3-4-6-20(19)30-24(21)25(29)27(22)15-17-11-13-26-14-12-17/h3-14,22H,2,15H2,1H3/t22-/m1/s1. The number of amides is 1. The number of carbonyl (C=O) groups excluding carboxylic acids is 1. The summed E-state index contributed by atoms with van der Waals surface area (Å²) in [6.45, 7) is 2.46. The highest BCUT2D eigenvalue weighted by Gasteiger charge is 2.42. The summed E-state index contributed by atoms with van der Waals surface area (Å²) < 4.78 is 5.96. The first kappa shape index (κ1) is 18.3. The van der Waals surface area contributed by atoms with Crippen molar-refractivity contribution in [1.82, 2.24) is 9.88 Å². The number of hydrogen-bond acceptors (Lipinski definition) is 4. The number of para-hydroxylation sites is 1. The first-order valence-electron chi connectivity index (χ1n) is 10.0. The minimum absolute atomic E-state index is 0.136. The maximum atomic E-state index is 13.4. The van der Waals surface area contributed by atoms with Gasteiger partial charge < -0.3 is 9.32 Å². The number of rotatable bonds is 4. The Morgan fingerprint density at radius 1 is 0.933 bits per heavy atom. The molecule has 5 rings (SSSR count). The molecule has 0 fully saturated rings. The third-order valence-corrected chi connectivity index (χ3v) is 5.68. The smallest absolute Gasteiger partial charge is 0.291 e. The van der Waals surface area contributed by atoms with Crippen LogP contribution in [0, 0.1) is 0 Å². The average Bonchev–Trinajstić information content (AvgIpc) is 3.06. The molecule has 2 aromatic heterocycles. The third kappa shape index (κ3) is 2.90. The first-order chi connectivity index (χ1) is 14.7. The molecule has 1 atom stereocenters. The van der Waals surface area contributed by atoms with Crippen molar-refractivity contribution in [2.45, 2.75) is 25.9 Å². The number of nitrogens with zero attached hydrogens (tertiary/aromatic N) is 2. The van der Waals surface area contributed by atoms with Crippen molar-refractivity contribution in [3.8, 4) is 0 Å². The molecule has 0 spiro atoms. The van der Waals surface area contributed by atoms with E-state index >= 15 is 0 Å². The number of pyridine rings is 1. The molecule has 5 heteroatoms. The first-order valence-corrected chi connectivity index (χ1v) is 10.0. The molecule has 1 aliphatic heterocycles. The zero-order valence-electron chi connectivity index (χ0n) is 16.5. The Balaban J connectivity index is 1.71. The van der Waals surface area contributed by atoms with E-state index in [-0.39, 0.29) is 17.1 Å². The largest absolute Gasteiger partial charge is 0.450 e. The quantitative estimate of drug-likeness (QED) is 0.510. The molecule has 1 aliphatic rings. The summed E-state index contributed by atoms with van der Waals surface area (Å²) in [5.41, 5.74) is 3.74. The summed E-state index contributed by atoms with van der Waals surface area (Å²) >= 11 is 0. The molecular weight excluding hydrogens is 376 g/mol. The summed E-state index contributed by atoms with van der Waals surface area (Å²) in [7, 11) is 0. The molecular formula is C25H20N2O3. The lowest BCUT2D eigenvalue weighted by Gasteiger charge is -2.25. The van der Waals surface area contributed by atoms with Crippen molar-refractivity contribution in [3.05, 3.63) is 111 Å². The highest BCUT2D eigenvalue weighted by atomic mass is 16.3. The Bertz CT molecular complexity index is 1290. The maximum absolute atomic E-state index is 13.4. The van der Waals surface area contributed by atoms with Gasteiger partial charge in [0.15, 0.2) is 5.43 Å². The summed E-state index contributed by atoms with van der Waals surface area (Å²) in [6.07, 6.45) is 4.32. The summed E-state index contributed by atoms with van der Waals surface area (Å²) in [4.78, 5) is 32.6. The topological polar surface area (TPSA) is 63.4 Å². The monoisotopic (exact) mass is 396 g/mol. The molecule has 0 saturated heterocycles. The van der Waals surface area contributed by atoms with Gasteiger partial charge in [0.05, 0.1) is 17.0 Å². The number of benzene rings is 2. The van der Waals surface area contributed by atoms with Crippen molar-refractivity contribution in [2.75, 3.05) is 0 Å². The fourth-order valence-corrected chi connectivity index (χ4v) is 4.10. The second kappa shape index (κ2) is 7.26.